The van der Waals surface area contributed by atoms with E-state index >= 15 is 0 Å². The van der Waals surface area contributed by atoms with E-state index in [-0.39, 0.29) is 4.90 Å². The Morgan fingerprint density at radius 2 is 0.840 bits per heavy atom. The van der Waals surface area contributed by atoms with Crippen molar-refractivity contribution >= 4 is 59.5 Å². The molecule has 0 aliphatic heterocycles. The quantitative estimate of drug-likeness (QED) is 0.147. The second-order valence-electron chi connectivity index (χ2n) is 13.7. The lowest BCUT2D eigenvalue weighted by molar-refractivity contribution is 1.01. The molecule has 0 N–H and O–H groups in total. The van der Waals surface area contributed by atoms with Gasteiger partial charge in [-0.25, -0.2) is 0 Å². The fraction of sp³-hybridized carbons (Fsp3) is 0.125. The van der Waals surface area contributed by atoms with Crippen LogP contribution in [0.4, 0.5) is 0 Å². The van der Waals surface area contributed by atoms with Gasteiger partial charge in [-0.15, -0.1) is 0 Å². The van der Waals surface area contributed by atoms with Gasteiger partial charge in [-0.2, -0.15) is 0 Å². The molecule has 0 fully saturated rings. The Balaban J connectivity index is 1.60. The molecule has 0 bridgehead atoms. The summed E-state index contributed by atoms with van der Waals surface area (Å²) in [7, 11) is -1.92. The van der Waals surface area contributed by atoms with Crippen molar-refractivity contribution in [3.05, 3.63) is 202 Å². The van der Waals surface area contributed by atoms with Gasteiger partial charge in [-0.3, -0.25) is 0 Å². The first-order chi connectivity index (χ1) is 24.4. The molecule has 2 heteroatoms. The van der Waals surface area contributed by atoms with Crippen LogP contribution in [-0.2, 0) is 0 Å². The van der Waals surface area contributed by atoms with Gasteiger partial charge in [-0.1, -0.05) is 192 Å². The number of hydrogen-bond donors (Lipinski definition) is 0. The van der Waals surface area contributed by atoms with Crippen molar-refractivity contribution in [1.82, 2.24) is 0 Å². The third-order valence-electron chi connectivity index (χ3n) is 10.2. The summed E-state index contributed by atoms with van der Waals surface area (Å²) in [5.41, 5.74) is 7.99. The van der Waals surface area contributed by atoms with Crippen LogP contribution >= 0.6 is 15.8 Å². The van der Waals surface area contributed by atoms with Gasteiger partial charge >= 0.3 is 0 Å². The van der Waals surface area contributed by atoms with Crippen molar-refractivity contribution in [3.63, 3.8) is 0 Å². The molecule has 244 valence electrons. The van der Waals surface area contributed by atoms with Crippen LogP contribution in [-0.4, -0.2) is 4.90 Å². The lowest BCUT2D eigenvalue weighted by atomic mass is 9.89. The van der Waals surface area contributed by atoms with Crippen LogP contribution in [0.25, 0.3) is 22.4 Å². The van der Waals surface area contributed by atoms with Gasteiger partial charge in [0, 0.05) is 0 Å². The summed E-state index contributed by atoms with van der Waals surface area (Å²) in [5.74, 6) is 0. The van der Waals surface area contributed by atoms with Crippen LogP contribution in [0.2, 0.25) is 0 Å². The average molecular weight is 681 g/mol. The van der Waals surface area contributed by atoms with Crippen LogP contribution in [0.15, 0.2) is 164 Å². The Kier molecular flexibility index (Phi) is 8.87. The Labute approximate surface area is 299 Å². The van der Waals surface area contributed by atoms with Crippen molar-refractivity contribution in [2.75, 3.05) is 0 Å². The fourth-order valence-corrected chi connectivity index (χ4v) is 15.5. The molecular weight excluding hydrogens is 638 g/mol. The van der Waals surface area contributed by atoms with Gasteiger partial charge < -0.3 is 0 Å². The Hall–Kier alpha value is -4.60. The second kappa shape index (κ2) is 13.6. The zero-order valence-electron chi connectivity index (χ0n) is 29.3. The van der Waals surface area contributed by atoms with Crippen molar-refractivity contribution in [2.45, 2.75) is 39.0 Å². The predicted molar refractivity (Wildman–Crippen MR) is 221 cm³/mol. The van der Waals surface area contributed by atoms with Crippen molar-refractivity contribution in [2.24, 2.45) is 0 Å². The van der Waals surface area contributed by atoms with Gasteiger partial charge in [0.2, 0.25) is 0 Å². The van der Waals surface area contributed by atoms with E-state index < -0.39 is 15.8 Å². The maximum absolute atomic E-state index is 2.57. The zero-order chi connectivity index (χ0) is 34.2. The molecule has 0 atom stereocenters. The molecular formula is C48H42P2. The molecule has 0 saturated carbocycles. The summed E-state index contributed by atoms with van der Waals surface area (Å²) in [5, 5.41) is 11.0. The third kappa shape index (κ3) is 5.86. The van der Waals surface area contributed by atoms with Crippen LogP contribution in [0.1, 0.15) is 34.2 Å². The van der Waals surface area contributed by atoms with Crippen molar-refractivity contribution in [3.8, 4) is 0 Å². The molecule has 0 amide bonds. The third-order valence-corrected chi connectivity index (χ3v) is 17.0. The molecule has 7 aromatic carbocycles. The zero-order valence-corrected chi connectivity index (χ0v) is 31.1. The summed E-state index contributed by atoms with van der Waals surface area (Å²) in [6.07, 6.45) is 3.50. The van der Waals surface area contributed by atoms with Gasteiger partial charge in [0.25, 0.3) is 0 Å². The molecule has 0 spiro atoms. The van der Waals surface area contributed by atoms with Crippen molar-refractivity contribution in [1.29, 1.82) is 0 Å². The average Bonchev–Trinajstić information content (AvgIpc) is 3.15. The minimum absolute atomic E-state index is 0.293. The first-order valence-electron chi connectivity index (χ1n) is 17.6. The summed E-state index contributed by atoms with van der Waals surface area (Å²) < 4.78 is 0. The second-order valence-corrected chi connectivity index (χ2v) is 19.0. The van der Waals surface area contributed by atoms with E-state index in [0.717, 1.165) is 6.42 Å². The molecule has 0 aromatic heterocycles. The minimum atomic E-state index is -0.962. The molecule has 1 aliphatic carbocycles. The minimum Gasteiger partial charge on any atom is -0.0750 e. The summed E-state index contributed by atoms with van der Waals surface area (Å²) in [6, 6.07) is 63.2. The molecule has 0 radical (unpaired) electrons. The van der Waals surface area contributed by atoms with Gasteiger partial charge in [0.1, 0.15) is 0 Å². The molecule has 8 rings (SSSR count). The SMILES string of the molecule is Cc1ccc(P(c2ccc(C)cc2)C2(P(c3ccc(C)cc3)c3ccc(C)cc3)CC=c3ccccc3=C2c2cccc3ccccc23)cc1. The topological polar surface area (TPSA) is 0 Å². The molecule has 0 saturated heterocycles. The monoisotopic (exact) mass is 680 g/mol. The van der Waals surface area contributed by atoms with E-state index in [0.29, 0.717) is 0 Å². The van der Waals surface area contributed by atoms with E-state index in [2.05, 4.69) is 198 Å². The maximum atomic E-state index is 2.57. The van der Waals surface area contributed by atoms with Gasteiger partial charge in [0.05, 0.1) is 4.90 Å². The standard InChI is InChI=1S/C48H42P2/c1-34-16-24-40(25-17-34)49(41-26-18-35(2)19-27-41)48(50(42-28-20-36(3)21-29-42)43-30-22-37(4)23-31-43)33-32-39-11-6-8-14-45(39)47(48)46-15-9-12-38-10-5-7-13-44(38)46/h5-32H,33H2,1-4H3. The van der Waals surface area contributed by atoms with Crippen LogP contribution in [0.5, 0.6) is 0 Å². The van der Waals surface area contributed by atoms with Crippen molar-refractivity contribution < 1.29 is 0 Å². The molecule has 0 nitrogen and oxygen atoms in total. The smallest absolute Gasteiger partial charge is 0.0561 e. The number of aryl methyl sites for hydroxylation is 4. The largest absolute Gasteiger partial charge is 0.0750 e. The van der Waals surface area contributed by atoms with E-state index in [1.165, 1.54) is 75.8 Å². The van der Waals surface area contributed by atoms with E-state index in [9.17, 15) is 0 Å². The van der Waals surface area contributed by atoms with E-state index in [1.807, 2.05) is 0 Å². The van der Waals surface area contributed by atoms with Crippen LogP contribution < -0.4 is 31.7 Å². The van der Waals surface area contributed by atoms with Crippen LogP contribution in [0.3, 0.4) is 0 Å². The highest BCUT2D eigenvalue weighted by atomic mass is 31.2. The number of rotatable bonds is 7. The molecule has 7 aromatic rings. The normalized spacial score (nSPS) is 13.8. The Bertz CT molecular complexity index is 2230. The number of benzene rings is 7. The Morgan fingerprint density at radius 3 is 1.34 bits per heavy atom. The molecule has 0 heterocycles. The summed E-state index contributed by atoms with van der Waals surface area (Å²) in [6.45, 7) is 8.82. The predicted octanol–water partition coefficient (Wildman–Crippen LogP) is 9.42. The first kappa shape index (κ1) is 32.6. The van der Waals surface area contributed by atoms with Crippen LogP contribution in [0, 0.1) is 27.7 Å². The maximum Gasteiger partial charge on any atom is 0.0561 e. The van der Waals surface area contributed by atoms with Gasteiger partial charge in [0.15, 0.2) is 0 Å². The highest BCUT2D eigenvalue weighted by molar-refractivity contribution is 7.91. The molecule has 50 heavy (non-hydrogen) atoms. The lowest BCUT2D eigenvalue weighted by Crippen LogP contribution is -2.47. The summed E-state index contributed by atoms with van der Waals surface area (Å²) >= 11 is 0. The number of fused-ring (bicyclic) bond motifs is 2. The Morgan fingerprint density at radius 1 is 0.420 bits per heavy atom. The first-order valence-corrected chi connectivity index (χ1v) is 20.3. The number of hydrogen-bond acceptors (Lipinski definition) is 0. The highest BCUT2D eigenvalue weighted by Gasteiger charge is 2.52. The lowest BCUT2D eigenvalue weighted by Gasteiger charge is -2.50. The summed E-state index contributed by atoms with van der Waals surface area (Å²) in [4.78, 5) is -0.293. The highest BCUT2D eigenvalue weighted by Crippen LogP contribution is 2.72. The fourth-order valence-electron chi connectivity index (χ4n) is 7.71. The van der Waals surface area contributed by atoms with Gasteiger partial charge in [-0.05, 0) is 104 Å². The molecule has 1 aliphatic rings. The molecule has 0 unspecified atom stereocenters. The van der Waals surface area contributed by atoms with E-state index in [4.69, 9.17) is 0 Å². The van der Waals surface area contributed by atoms with E-state index in [1.54, 1.807) is 0 Å².